The van der Waals surface area contributed by atoms with Crippen molar-refractivity contribution < 1.29 is 19.1 Å². The smallest absolute Gasteiger partial charge is 0.409 e. The van der Waals surface area contributed by atoms with E-state index >= 15 is 0 Å². The number of nitrogens with one attached hydrogen (secondary N) is 2. The Labute approximate surface area is 142 Å². The molecule has 1 fully saturated rings. The number of para-hydroxylation sites is 2. The van der Waals surface area contributed by atoms with Crippen LogP contribution in [0.5, 0.6) is 5.75 Å². The maximum absolute atomic E-state index is 12.1. The summed E-state index contributed by atoms with van der Waals surface area (Å²) < 4.78 is 10.2. The van der Waals surface area contributed by atoms with Gasteiger partial charge in [-0.2, -0.15) is 0 Å². The minimum Gasteiger partial charge on any atom is -0.495 e. The molecule has 2 rings (SSSR count). The summed E-state index contributed by atoms with van der Waals surface area (Å²) in [4.78, 5) is 25.4. The highest BCUT2D eigenvalue weighted by molar-refractivity contribution is 5.93. The molecule has 1 aliphatic heterocycles. The molecule has 1 aliphatic rings. The maximum atomic E-state index is 12.1. The van der Waals surface area contributed by atoms with Crippen molar-refractivity contribution in [3.63, 3.8) is 0 Å². The number of carbonyl (C=O) groups excluding carboxylic acids is 2. The van der Waals surface area contributed by atoms with Crippen LogP contribution in [0.3, 0.4) is 0 Å². The van der Waals surface area contributed by atoms with E-state index in [1.165, 1.54) is 0 Å². The van der Waals surface area contributed by atoms with E-state index in [-0.39, 0.29) is 24.6 Å². The van der Waals surface area contributed by atoms with Crippen molar-refractivity contribution in [2.45, 2.75) is 25.8 Å². The van der Waals surface area contributed by atoms with Crippen LogP contribution in [0.4, 0.5) is 10.5 Å². The molecule has 0 bridgehead atoms. The van der Waals surface area contributed by atoms with Crippen molar-refractivity contribution in [2.24, 2.45) is 0 Å². The maximum Gasteiger partial charge on any atom is 0.409 e. The van der Waals surface area contributed by atoms with Crippen molar-refractivity contribution >= 4 is 17.7 Å². The zero-order valence-corrected chi connectivity index (χ0v) is 14.2. The highest BCUT2D eigenvalue weighted by Gasteiger charge is 2.23. The number of hydrogen-bond donors (Lipinski definition) is 2. The highest BCUT2D eigenvalue weighted by Crippen LogP contribution is 2.22. The second kappa shape index (κ2) is 9.12. The monoisotopic (exact) mass is 335 g/mol. The zero-order chi connectivity index (χ0) is 17.4. The van der Waals surface area contributed by atoms with Crippen LogP contribution in [0.25, 0.3) is 0 Å². The fourth-order valence-corrected chi connectivity index (χ4v) is 2.66. The third-order valence-corrected chi connectivity index (χ3v) is 3.95. The number of hydrogen-bond acceptors (Lipinski definition) is 5. The molecule has 0 aromatic heterocycles. The Morgan fingerprint density at radius 1 is 1.25 bits per heavy atom. The van der Waals surface area contributed by atoms with Crippen molar-refractivity contribution in [3.05, 3.63) is 24.3 Å². The number of piperidine rings is 1. The van der Waals surface area contributed by atoms with E-state index in [0.29, 0.717) is 31.1 Å². The molecule has 0 atom stereocenters. The van der Waals surface area contributed by atoms with Crippen molar-refractivity contribution in [1.82, 2.24) is 10.2 Å². The van der Waals surface area contributed by atoms with E-state index in [9.17, 15) is 9.59 Å². The van der Waals surface area contributed by atoms with Gasteiger partial charge in [0.15, 0.2) is 0 Å². The summed E-state index contributed by atoms with van der Waals surface area (Å²) in [6.45, 7) is 3.70. The fourth-order valence-electron chi connectivity index (χ4n) is 2.66. The lowest BCUT2D eigenvalue weighted by Crippen LogP contribution is -2.46. The number of rotatable bonds is 6. The normalized spacial score (nSPS) is 15.0. The predicted molar refractivity (Wildman–Crippen MR) is 91.2 cm³/mol. The lowest BCUT2D eigenvalue weighted by atomic mass is 10.1. The van der Waals surface area contributed by atoms with Crippen LogP contribution in [0.2, 0.25) is 0 Å². The molecule has 1 heterocycles. The first-order chi connectivity index (χ1) is 11.6. The summed E-state index contributed by atoms with van der Waals surface area (Å²) >= 11 is 0. The lowest BCUT2D eigenvalue weighted by molar-refractivity contribution is -0.115. The summed E-state index contributed by atoms with van der Waals surface area (Å²) in [7, 11) is 1.57. The number of carbonyl (C=O) groups is 2. The quantitative estimate of drug-likeness (QED) is 0.829. The van der Waals surface area contributed by atoms with Crippen molar-refractivity contribution in [2.75, 3.05) is 38.7 Å². The Kier molecular flexibility index (Phi) is 6.87. The third-order valence-electron chi connectivity index (χ3n) is 3.95. The second-order valence-electron chi connectivity index (χ2n) is 5.59. The Hall–Kier alpha value is -2.28. The van der Waals surface area contributed by atoms with Crippen LogP contribution in [-0.4, -0.2) is 56.3 Å². The molecule has 0 aliphatic carbocycles. The van der Waals surface area contributed by atoms with Crippen LogP contribution in [0.1, 0.15) is 19.8 Å². The Bertz CT molecular complexity index is 557. The number of methoxy groups -OCH3 is 1. The minimum atomic E-state index is -0.259. The van der Waals surface area contributed by atoms with Gasteiger partial charge in [0.25, 0.3) is 0 Å². The van der Waals surface area contributed by atoms with Gasteiger partial charge in [0.1, 0.15) is 5.75 Å². The molecule has 1 aromatic rings. The molecule has 0 saturated carbocycles. The van der Waals surface area contributed by atoms with E-state index in [4.69, 9.17) is 9.47 Å². The fraction of sp³-hybridized carbons (Fsp3) is 0.529. The number of amides is 2. The van der Waals surface area contributed by atoms with E-state index in [1.807, 2.05) is 12.1 Å². The molecular weight excluding hydrogens is 310 g/mol. The molecule has 2 amide bonds. The summed E-state index contributed by atoms with van der Waals surface area (Å²) in [6, 6.07) is 7.52. The van der Waals surface area contributed by atoms with Crippen LogP contribution < -0.4 is 15.4 Å². The SMILES string of the molecule is CCOC(=O)N1CCC(NCC(=O)Nc2ccccc2OC)CC1. The minimum absolute atomic E-state index is 0.118. The number of ether oxygens (including phenoxy) is 2. The number of nitrogens with zero attached hydrogens (tertiary/aromatic N) is 1. The molecule has 1 saturated heterocycles. The number of likely N-dealkylation sites (tertiary alicyclic amines) is 1. The molecule has 132 valence electrons. The van der Waals surface area contributed by atoms with Gasteiger partial charge in [0.05, 0.1) is 25.9 Å². The average Bonchev–Trinajstić information content (AvgIpc) is 2.61. The van der Waals surface area contributed by atoms with E-state index < -0.39 is 0 Å². The summed E-state index contributed by atoms with van der Waals surface area (Å²) in [5.74, 6) is 0.515. The predicted octanol–water partition coefficient (Wildman–Crippen LogP) is 1.84. The zero-order valence-electron chi connectivity index (χ0n) is 14.2. The molecule has 24 heavy (non-hydrogen) atoms. The first kappa shape index (κ1) is 18.1. The molecule has 7 nitrogen and oxygen atoms in total. The van der Waals surface area contributed by atoms with Gasteiger partial charge in [-0.1, -0.05) is 12.1 Å². The molecule has 0 unspecified atom stereocenters. The molecule has 0 spiro atoms. The Balaban J connectivity index is 1.72. The van der Waals surface area contributed by atoms with Crippen LogP contribution in [-0.2, 0) is 9.53 Å². The molecule has 2 N–H and O–H groups in total. The van der Waals surface area contributed by atoms with Gasteiger partial charge in [0, 0.05) is 19.1 Å². The molecule has 0 radical (unpaired) electrons. The van der Waals surface area contributed by atoms with Gasteiger partial charge in [0.2, 0.25) is 5.91 Å². The highest BCUT2D eigenvalue weighted by atomic mass is 16.6. The van der Waals surface area contributed by atoms with Gasteiger partial charge in [-0.05, 0) is 31.9 Å². The largest absolute Gasteiger partial charge is 0.495 e. The van der Waals surface area contributed by atoms with Gasteiger partial charge in [-0.25, -0.2) is 4.79 Å². The van der Waals surface area contributed by atoms with Crippen LogP contribution >= 0.6 is 0 Å². The lowest BCUT2D eigenvalue weighted by Gasteiger charge is -2.31. The Morgan fingerprint density at radius 2 is 1.96 bits per heavy atom. The van der Waals surface area contributed by atoms with E-state index in [0.717, 1.165) is 12.8 Å². The molecule has 7 heteroatoms. The van der Waals surface area contributed by atoms with Crippen molar-refractivity contribution in [1.29, 1.82) is 0 Å². The molecule has 1 aromatic carbocycles. The van der Waals surface area contributed by atoms with Crippen LogP contribution in [0.15, 0.2) is 24.3 Å². The summed E-state index contributed by atoms with van der Waals surface area (Å²) in [5.41, 5.74) is 0.656. The van der Waals surface area contributed by atoms with Gasteiger partial charge < -0.3 is 25.0 Å². The third kappa shape index (κ3) is 5.13. The number of anilines is 1. The van der Waals surface area contributed by atoms with Crippen molar-refractivity contribution in [3.8, 4) is 5.75 Å². The average molecular weight is 335 g/mol. The van der Waals surface area contributed by atoms with Gasteiger partial charge in [-0.3, -0.25) is 4.79 Å². The number of benzene rings is 1. The van der Waals surface area contributed by atoms with Crippen LogP contribution in [0, 0.1) is 0 Å². The van der Waals surface area contributed by atoms with E-state index in [1.54, 1.807) is 31.1 Å². The second-order valence-corrected chi connectivity index (χ2v) is 5.59. The first-order valence-corrected chi connectivity index (χ1v) is 8.22. The van der Waals surface area contributed by atoms with Gasteiger partial charge in [-0.15, -0.1) is 0 Å². The standard InChI is InChI=1S/C17H25N3O4/c1-3-24-17(22)20-10-8-13(9-11-20)18-12-16(21)19-14-6-4-5-7-15(14)23-2/h4-7,13,18H,3,8-12H2,1-2H3,(H,19,21). The Morgan fingerprint density at radius 3 is 2.62 bits per heavy atom. The van der Waals surface area contributed by atoms with Gasteiger partial charge >= 0.3 is 6.09 Å². The molecular formula is C17H25N3O4. The summed E-state index contributed by atoms with van der Waals surface area (Å²) in [6.07, 6.45) is 1.35. The summed E-state index contributed by atoms with van der Waals surface area (Å²) in [5, 5.41) is 6.07. The first-order valence-electron chi connectivity index (χ1n) is 8.22. The van der Waals surface area contributed by atoms with E-state index in [2.05, 4.69) is 10.6 Å². The topological polar surface area (TPSA) is 79.9 Å².